The number of Topliss-reactive ketones (excluding diaryl/α,β-unsaturated/α-hetero) is 2. The van der Waals surface area contributed by atoms with Gasteiger partial charge in [-0.2, -0.15) is 10.1 Å². The third-order valence-corrected chi connectivity index (χ3v) is 8.26. The van der Waals surface area contributed by atoms with Crippen LogP contribution < -0.4 is 9.64 Å². The van der Waals surface area contributed by atoms with Crippen molar-refractivity contribution in [3.05, 3.63) is 89.4 Å². The lowest BCUT2D eigenvalue weighted by atomic mass is 9.86. The van der Waals surface area contributed by atoms with E-state index in [-0.39, 0.29) is 24.5 Å². The van der Waals surface area contributed by atoms with Crippen LogP contribution in [0.2, 0.25) is 19.6 Å². The Kier molecular flexibility index (Phi) is 8.84. The number of rotatable bonds is 11. The predicted molar refractivity (Wildman–Crippen MR) is 166 cm³/mol. The zero-order chi connectivity index (χ0) is 31.6. The van der Waals surface area contributed by atoms with Gasteiger partial charge in [-0.05, 0) is 48.2 Å². The molecule has 1 aliphatic rings. The Morgan fingerprint density at radius 3 is 2.27 bits per heavy atom. The standard InChI is InChI=1S/C32H36N6O5Si/c1-20(2)22-8-10-24(11-9-22)29(39)27-28(38(31(41)30(27)40)26-16-7-21(3)34-35-26)23-12-14-25(15-13-23)43-32-33-17-37(36-32)18-42-19-44(4,5)6/h7-17,20,27-28H,18-19H2,1-6H3. The topological polar surface area (TPSA) is 129 Å². The van der Waals surface area contributed by atoms with Crippen LogP contribution in [0.1, 0.15) is 53.0 Å². The van der Waals surface area contributed by atoms with E-state index in [9.17, 15) is 14.4 Å². The van der Waals surface area contributed by atoms with Crippen LogP contribution in [0, 0.1) is 12.8 Å². The molecule has 228 valence electrons. The predicted octanol–water partition coefficient (Wildman–Crippen LogP) is 5.30. The van der Waals surface area contributed by atoms with Gasteiger partial charge in [0.2, 0.25) is 5.78 Å². The molecule has 1 amide bonds. The number of aryl methyl sites for hydroxylation is 1. The molecule has 0 spiro atoms. The molecule has 0 N–H and O–H groups in total. The number of amides is 1. The largest absolute Gasteiger partial charge is 0.423 e. The number of benzene rings is 2. The van der Waals surface area contributed by atoms with Crippen LogP contribution in [0.15, 0.2) is 67.0 Å². The zero-order valence-electron chi connectivity index (χ0n) is 25.7. The maximum absolute atomic E-state index is 13.9. The molecule has 11 nitrogen and oxygen atoms in total. The van der Waals surface area contributed by atoms with Gasteiger partial charge in [0.15, 0.2) is 11.6 Å². The van der Waals surface area contributed by atoms with Gasteiger partial charge in [-0.25, -0.2) is 4.68 Å². The number of carbonyl (C=O) groups excluding carboxylic acids is 3. The summed E-state index contributed by atoms with van der Waals surface area (Å²) in [5.41, 5.74) is 2.64. The van der Waals surface area contributed by atoms with Gasteiger partial charge in [-0.15, -0.1) is 10.2 Å². The molecule has 0 bridgehead atoms. The molecular formula is C32H36N6O5Si. The van der Waals surface area contributed by atoms with Gasteiger partial charge < -0.3 is 9.47 Å². The van der Waals surface area contributed by atoms with E-state index in [2.05, 4.69) is 53.8 Å². The Morgan fingerprint density at radius 2 is 1.66 bits per heavy atom. The first-order chi connectivity index (χ1) is 20.9. The van der Waals surface area contributed by atoms with Gasteiger partial charge in [-0.1, -0.05) is 69.9 Å². The maximum Gasteiger partial charge on any atom is 0.341 e. The summed E-state index contributed by atoms with van der Waals surface area (Å²) in [6, 6.07) is 16.5. The second-order valence-corrected chi connectivity index (χ2v) is 17.8. The third kappa shape index (κ3) is 6.81. The normalized spacial score (nSPS) is 17.0. The Labute approximate surface area is 257 Å². The highest BCUT2D eigenvalue weighted by Gasteiger charge is 2.53. The number of ether oxygens (including phenoxy) is 2. The number of hydrogen-bond acceptors (Lipinski definition) is 9. The van der Waals surface area contributed by atoms with Gasteiger partial charge in [-0.3, -0.25) is 19.3 Å². The second-order valence-electron chi connectivity index (χ2n) is 12.4. The molecule has 2 unspecified atom stereocenters. The Balaban J connectivity index is 1.42. The summed E-state index contributed by atoms with van der Waals surface area (Å²) in [6.45, 7) is 12.8. The van der Waals surface area contributed by atoms with Crippen molar-refractivity contribution >= 4 is 31.4 Å². The summed E-state index contributed by atoms with van der Waals surface area (Å²) in [5.74, 6) is -2.38. The van der Waals surface area contributed by atoms with Crippen molar-refractivity contribution in [2.24, 2.45) is 5.92 Å². The van der Waals surface area contributed by atoms with Crippen LogP contribution in [0.25, 0.3) is 0 Å². The molecule has 12 heteroatoms. The third-order valence-electron chi connectivity index (χ3n) is 7.19. The molecule has 1 aliphatic heterocycles. The highest BCUT2D eigenvalue weighted by atomic mass is 28.3. The minimum atomic E-state index is -1.35. The lowest BCUT2D eigenvalue weighted by molar-refractivity contribution is -0.135. The number of carbonyl (C=O) groups is 3. The first-order valence-corrected chi connectivity index (χ1v) is 18.2. The minimum Gasteiger partial charge on any atom is -0.423 e. The highest BCUT2D eigenvalue weighted by Crippen LogP contribution is 2.41. The SMILES string of the molecule is Cc1ccc(N2C(=O)C(=O)C(C(=O)c3ccc(C(C)C)cc3)C2c2ccc(Oc3ncn(COC[Si](C)(C)C)n3)cc2)nn1. The Bertz CT molecular complexity index is 1650. The van der Waals surface area contributed by atoms with E-state index in [1.54, 1.807) is 60.1 Å². The van der Waals surface area contributed by atoms with Crippen molar-refractivity contribution in [1.29, 1.82) is 0 Å². The van der Waals surface area contributed by atoms with Crippen molar-refractivity contribution in [2.75, 3.05) is 11.1 Å². The van der Waals surface area contributed by atoms with Crippen LogP contribution in [0.4, 0.5) is 5.82 Å². The average Bonchev–Trinajstić information content (AvgIpc) is 3.54. The van der Waals surface area contributed by atoms with Crippen molar-refractivity contribution in [3.8, 4) is 11.8 Å². The van der Waals surface area contributed by atoms with Crippen molar-refractivity contribution in [1.82, 2.24) is 25.0 Å². The molecule has 2 atom stereocenters. The molecule has 0 saturated carbocycles. The van der Waals surface area contributed by atoms with E-state index < -0.39 is 37.5 Å². The fourth-order valence-electron chi connectivity index (χ4n) is 4.92. The monoisotopic (exact) mass is 612 g/mol. The summed E-state index contributed by atoms with van der Waals surface area (Å²) in [6.07, 6.45) is 2.24. The van der Waals surface area contributed by atoms with Crippen LogP contribution in [0.5, 0.6) is 11.8 Å². The summed E-state index contributed by atoms with van der Waals surface area (Å²) in [4.78, 5) is 46.2. The second kappa shape index (κ2) is 12.6. The molecule has 2 aromatic heterocycles. The van der Waals surface area contributed by atoms with E-state index >= 15 is 0 Å². The minimum absolute atomic E-state index is 0.148. The molecule has 4 aromatic rings. The molecule has 1 saturated heterocycles. The molecular weight excluding hydrogens is 576 g/mol. The van der Waals surface area contributed by atoms with E-state index in [4.69, 9.17) is 9.47 Å². The average molecular weight is 613 g/mol. The van der Waals surface area contributed by atoms with E-state index in [1.165, 1.54) is 11.2 Å². The van der Waals surface area contributed by atoms with Crippen molar-refractivity contribution < 1.29 is 23.9 Å². The number of nitrogens with zero attached hydrogens (tertiary/aromatic N) is 6. The number of ketones is 2. The van der Waals surface area contributed by atoms with Crippen LogP contribution in [-0.2, 0) is 21.1 Å². The maximum atomic E-state index is 13.9. The Morgan fingerprint density at radius 1 is 0.955 bits per heavy atom. The van der Waals surface area contributed by atoms with Gasteiger partial charge in [0.05, 0.1) is 19.8 Å². The van der Waals surface area contributed by atoms with Gasteiger partial charge in [0, 0.05) is 11.8 Å². The number of aromatic nitrogens is 5. The number of anilines is 1. The fourth-order valence-corrected chi connectivity index (χ4v) is 5.63. The van der Waals surface area contributed by atoms with Crippen LogP contribution >= 0.6 is 0 Å². The van der Waals surface area contributed by atoms with Crippen LogP contribution in [0.3, 0.4) is 0 Å². The molecule has 0 aliphatic carbocycles. The van der Waals surface area contributed by atoms with Gasteiger partial charge in [0.1, 0.15) is 24.7 Å². The lowest BCUT2D eigenvalue weighted by Crippen LogP contribution is -2.31. The summed E-state index contributed by atoms with van der Waals surface area (Å²) < 4.78 is 13.1. The van der Waals surface area contributed by atoms with E-state index in [0.717, 1.165) is 5.56 Å². The zero-order valence-corrected chi connectivity index (χ0v) is 26.7. The first-order valence-electron chi connectivity index (χ1n) is 14.5. The lowest BCUT2D eigenvalue weighted by Gasteiger charge is -2.26. The molecule has 0 radical (unpaired) electrons. The van der Waals surface area contributed by atoms with E-state index in [1.807, 2.05) is 12.1 Å². The summed E-state index contributed by atoms with van der Waals surface area (Å²) in [5, 5.41) is 12.6. The Hall–Kier alpha value is -4.55. The molecule has 44 heavy (non-hydrogen) atoms. The van der Waals surface area contributed by atoms with Gasteiger partial charge in [0.25, 0.3) is 5.91 Å². The summed E-state index contributed by atoms with van der Waals surface area (Å²) >= 11 is 0. The number of hydrogen-bond donors (Lipinski definition) is 0. The quantitative estimate of drug-likeness (QED) is 0.0959. The first kappa shape index (κ1) is 30.9. The molecule has 1 fully saturated rings. The fraction of sp³-hybridized carbons (Fsp3) is 0.344. The molecule has 3 heterocycles. The molecule has 5 rings (SSSR count). The van der Waals surface area contributed by atoms with Crippen molar-refractivity contribution in [3.63, 3.8) is 0 Å². The molecule has 2 aromatic carbocycles. The van der Waals surface area contributed by atoms with Crippen molar-refractivity contribution in [2.45, 2.75) is 59.1 Å². The smallest absolute Gasteiger partial charge is 0.341 e. The summed E-state index contributed by atoms with van der Waals surface area (Å²) in [7, 11) is -1.35. The van der Waals surface area contributed by atoms with E-state index in [0.29, 0.717) is 28.8 Å². The van der Waals surface area contributed by atoms with Gasteiger partial charge >= 0.3 is 6.01 Å². The van der Waals surface area contributed by atoms with Crippen LogP contribution in [-0.4, -0.2) is 56.7 Å². The highest BCUT2D eigenvalue weighted by molar-refractivity contribution is 6.76.